The van der Waals surface area contributed by atoms with Crippen LogP contribution in [-0.4, -0.2) is 76.6 Å². The van der Waals surface area contributed by atoms with Gasteiger partial charge in [0.2, 0.25) is 17.7 Å². The van der Waals surface area contributed by atoms with Gasteiger partial charge in [0.25, 0.3) is 0 Å². The van der Waals surface area contributed by atoms with Gasteiger partial charge in [0.1, 0.15) is 24.4 Å². The van der Waals surface area contributed by atoms with Crippen LogP contribution in [0.2, 0.25) is 0 Å². The van der Waals surface area contributed by atoms with E-state index in [4.69, 9.17) is 4.74 Å². The molecule has 0 fully saturated rings. The van der Waals surface area contributed by atoms with Gasteiger partial charge < -0.3 is 36.2 Å². The summed E-state index contributed by atoms with van der Waals surface area (Å²) < 4.78 is 5.30. The van der Waals surface area contributed by atoms with Crippen molar-refractivity contribution in [2.75, 3.05) is 6.61 Å². The Bertz CT molecular complexity index is 1370. The van der Waals surface area contributed by atoms with E-state index in [-0.39, 0.29) is 24.7 Å². The molecule has 13 nitrogen and oxygen atoms in total. The number of amides is 4. The molecule has 0 aliphatic carbocycles. The lowest BCUT2D eigenvalue weighted by Gasteiger charge is -2.25. The van der Waals surface area contributed by atoms with Gasteiger partial charge in [-0.05, 0) is 61.8 Å². The van der Waals surface area contributed by atoms with Crippen molar-refractivity contribution < 1.29 is 43.7 Å². The third-order valence-electron chi connectivity index (χ3n) is 7.53. The van der Waals surface area contributed by atoms with E-state index < -0.39 is 66.2 Å². The quantitative estimate of drug-likeness (QED) is 0.115. The summed E-state index contributed by atoms with van der Waals surface area (Å²) in [5.74, 6) is -3.75. The summed E-state index contributed by atoms with van der Waals surface area (Å²) in [6.07, 6.45) is 1.94. The molecular formula is C35H48N4O9. The fourth-order valence-corrected chi connectivity index (χ4v) is 4.94. The van der Waals surface area contributed by atoms with Gasteiger partial charge in [-0.3, -0.25) is 24.0 Å². The molecule has 0 spiro atoms. The number of Topliss-reactive ketones (excluding diaryl/α,β-unsaturated/α-hetero) is 1. The average molecular weight is 669 g/mol. The van der Waals surface area contributed by atoms with Crippen LogP contribution in [-0.2, 0) is 41.6 Å². The fraction of sp³-hybridized carbons (Fsp3) is 0.486. The number of aromatic hydroxyl groups is 1. The zero-order chi connectivity index (χ0) is 35.6. The molecule has 48 heavy (non-hydrogen) atoms. The number of hydrogen-bond acceptors (Lipinski definition) is 8. The molecule has 6 N–H and O–H groups in total. The summed E-state index contributed by atoms with van der Waals surface area (Å²) in [6, 6.07) is 12.2. The highest BCUT2D eigenvalue weighted by atomic mass is 16.5. The maximum atomic E-state index is 13.1. The predicted octanol–water partition coefficient (Wildman–Crippen LogP) is 3.03. The number of ether oxygens (including phenoxy) is 1. The van der Waals surface area contributed by atoms with E-state index in [9.17, 15) is 39.0 Å². The number of carbonyl (C=O) groups is 6. The average Bonchev–Trinajstić information content (AvgIpc) is 3.02. The van der Waals surface area contributed by atoms with Crippen LogP contribution in [0.3, 0.4) is 0 Å². The SMILES string of the molecule is CC(=O)N[C@H](COC(=O)N[C@H](C(=O)N[C@@H](C)C(=O)N[C@@H](CC(=O)O)C(=O)CCCCCc1ccccc1)C(C)C)Cc1ccc(O)cc1. The molecule has 0 radical (unpaired) electrons. The molecule has 13 heteroatoms. The van der Waals surface area contributed by atoms with Gasteiger partial charge in [-0.1, -0.05) is 62.7 Å². The van der Waals surface area contributed by atoms with Crippen LogP contribution in [0.5, 0.6) is 5.75 Å². The van der Waals surface area contributed by atoms with Gasteiger partial charge in [0.05, 0.1) is 18.5 Å². The molecule has 0 aliphatic rings. The van der Waals surface area contributed by atoms with Crippen LogP contribution in [0.1, 0.15) is 70.9 Å². The van der Waals surface area contributed by atoms with Crippen molar-refractivity contribution in [3.63, 3.8) is 0 Å². The van der Waals surface area contributed by atoms with E-state index in [2.05, 4.69) is 21.3 Å². The highest BCUT2D eigenvalue weighted by Gasteiger charge is 2.30. The Hall–Kier alpha value is -4.94. The number of carboxylic acids is 1. The number of rotatable bonds is 20. The van der Waals surface area contributed by atoms with Gasteiger partial charge >= 0.3 is 12.1 Å². The molecule has 0 aliphatic heterocycles. The zero-order valence-corrected chi connectivity index (χ0v) is 28.0. The highest BCUT2D eigenvalue weighted by Crippen LogP contribution is 2.13. The van der Waals surface area contributed by atoms with Crippen LogP contribution in [0, 0.1) is 5.92 Å². The number of unbranched alkanes of at least 4 members (excludes halogenated alkanes) is 2. The third kappa shape index (κ3) is 15.1. The highest BCUT2D eigenvalue weighted by molar-refractivity contribution is 5.95. The molecule has 2 aromatic carbocycles. The van der Waals surface area contributed by atoms with Crippen LogP contribution in [0.25, 0.3) is 0 Å². The molecule has 2 rings (SSSR count). The van der Waals surface area contributed by atoms with Crippen LogP contribution >= 0.6 is 0 Å². The molecule has 262 valence electrons. The number of alkyl carbamates (subject to hydrolysis) is 1. The zero-order valence-electron chi connectivity index (χ0n) is 28.0. The summed E-state index contributed by atoms with van der Waals surface area (Å²) in [6.45, 7) is 5.87. The minimum Gasteiger partial charge on any atom is -0.508 e. The third-order valence-corrected chi connectivity index (χ3v) is 7.53. The molecule has 4 atom stereocenters. The second-order valence-corrected chi connectivity index (χ2v) is 12.1. The Morgan fingerprint density at radius 2 is 1.44 bits per heavy atom. The van der Waals surface area contributed by atoms with Crippen molar-refractivity contribution in [3.05, 3.63) is 65.7 Å². The van der Waals surface area contributed by atoms with Crippen molar-refractivity contribution in [2.45, 2.75) is 96.8 Å². The van der Waals surface area contributed by atoms with E-state index in [1.807, 2.05) is 30.3 Å². The summed E-state index contributed by atoms with van der Waals surface area (Å²) in [5.41, 5.74) is 1.98. The summed E-state index contributed by atoms with van der Waals surface area (Å²) >= 11 is 0. The van der Waals surface area contributed by atoms with E-state index in [1.165, 1.54) is 31.5 Å². The van der Waals surface area contributed by atoms with Gasteiger partial charge in [-0.15, -0.1) is 0 Å². The van der Waals surface area contributed by atoms with E-state index in [0.29, 0.717) is 12.8 Å². The van der Waals surface area contributed by atoms with E-state index >= 15 is 0 Å². The Labute approximate surface area is 281 Å². The maximum Gasteiger partial charge on any atom is 0.407 e. The molecule has 0 saturated carbocycles. The number of benzene rings is 2. The van der Waals surface area contributed by atoms with Gasteiger partial charge in [0.15, 0.2) is 5.78 Å². The Morgan fingerprint density at radius 3 is 2.04 bits per heavy atom. The maximum absolute atomic E-state index is 13.1. The van der Waals surface area contributed by atoms with Crippen molar-refractivity contribution in [2.24, 2.45) is 5.92 Å². The van der Waals surface area contributed by atoms with Crippen molar-refractivity contribution in [3.8, 4) is 5.75 Å². The van der Waals surface area contributed by atoms with Crippen LogP contribution < -0.4 is 21.3 Å². The number of aryl methyl sites for hydroxylation is 1. The first kappa shape index (κ1) is 39.2. The first-order valence-electron chi connectivity index (χ1n) is 16.1. The van der Waals surface area contributed by atoms with Crippen molar-refractivity contribution in [1.29, 1.82) is 0 Å². The number of phenolic OH excluding ortho intramolecular Hbond substituents is 1. The van der Waals surface area contributed by atoms with E-state index in [1.54, 1.807) is 26.0 Å². The van der Waals surface area contributed by atoms with Crippen molar-refractivity contribution >= 4 is 35.6 Å². The Morgan fingerprint density at radius 1 is 0.771 bits per heavy atom. The minimum absolute atomic E-state index is 0.0875. The number of carbonyl (C=O) groups excluding carboxylic acids is 5. The lowest BCUT2D eigenvalue weighted by Crippen LogP contribution is -2.56. The molecule has 0 heterocycles. The first-order valence-corrected chi connectivity index (χ1v) is 16.1. The molecule has 2 aromatic rings. The Kier molecular flexibility index (Phi) is 16.6. The standard InChI is InChI=1S/C35H48N4O9/c1-22(2)32(39-35(47)48-21-27(37-24(4)40)19-26-15-17-28(41)18-16-26)34(46)36-23(3)33(45)38-29(20-31(43)44)30(42)14-10-6-9-13-25-11-7-5-8-12-25/h5,7-8,11-12,15-18,22-23,27,29,32,41H,6,9-10,13-14,19-21H2,1-4H3,(H,36,46)(H,37,40)(H,38,45)(H,39,47)(H,43,44)/t23-,27-,29-,32-/m0/s1. The number of hydrogen-bond donors (Lipinski definition) is 6. The second-order valence-electron chi connectivity index (χ2n) is 12.1. The van der Waals surface area contributed by atoms with Crippen molar-refractivity contribution in [1.82, 2.24) is 21.3 Å². The number of phenols is 1. The summed E-state index contributed by atoms with van der Waals surface area (Å²) in [4.78, 5) is 74.6. The number of ketones is 1. The first-order chi connectivity index (χ1) is 22.7. The molecule has 0 unspecified atom stereocenters. The van der Waals surface area contributed by atoms with Crippen LogP contribution in [0.4, 0.5) is 4.79 Å². The lowest BCUT2D eigenvalue weighted by atomic mass is 10.0. The van der Waals surface area contributed by atoms with Crippen LogP contribution in [0.15, 0.2) is 54.6 Å². The normalized spacial score (nSPS) is 13.4. The fourth-order valence-electron chi connectivity index (χ4n) is 4.94. The van der Waals surface area contributed by atoms with E-state index in [0.717, 1.165) is 24.8 Å². The molecule has 0 saturated heterocycles. The monoisotopic (exact) mass is 668 g/mol. The summed E-state index contributed by atoms with van der Waals surface area (Å²) in [7, 11) is 0. The largest absolute Gasteiger partial charge is 0.508 e. The molecule has 0 bridgehead atoms. The lowest BCUT2D eigenvalue weighted by molar-refractivity contribution is -0.140. The topological polar surface area (TPSA) is 200 Å². The molecular weight excluding hydrogens is 620 g/mol. The molecule has 4 amide bonds. The van der Waals surface area contributed by atoms with Gasteiger partial charge in [-0.2, -0.15) is 0 Å². The number of carboxylic acid groups (broad SMARTS) is 1. The number of nitrogens with one attached hydrogen (secondary N) is 4. The second kappa shape index (κ2) is 20.3. The smallest absolute Gasteiger partial charge is 0.407 e. The molecule has 0 aromatic heterocycles. The Balaban J connectivity index is 1.89. The van der Waals surface area contributed by atoms with Gasteiger partial charge in [0, 0.05) is 13.3 Å². The summed E-state index contributed by atoms with van der Waals surface area (Å²) in [5, 5.41) is 29.0. The van der Waals surface area contributed by atoms with Gasteiger partial charge in [-0.25, -0.2) is 4.79 Å². The predicted molar refractivity (Wildman–Crippen MR) is 178 cm³/mol. The number of aliphatic carboxylic acids is 1. The minimum atomic E-state index is -1.25.